The molecule has 2 amide bonds. The van der Waals surface area contributed by atoms with Crippen LogP contribution in [0.1, 0.15) is 48.2 Å². The first-order valence-electron chi connectivity index (χ1n) is 16.6. The number of carboxylic acids is 1. The van der Waals surface area contributed by atoms with E-state index in [4.69, 9.17) is 25.8 Å². The van der Waals surface area contributed by atoms with Crippen molar-refractivity contribution in [3.05, 3.63) is 58.7 Å². The van der Waals surface area contributed by atoms with Crippen LogP contribution in [0.4, 0.5) is 5.69 Å². The van der Waals surface area contributed by atoms with Gasteiger partial charge in [0.1, 0.15) is 0 Å². The zero-order valence-electron chi connectivity index (χ0n) is 27.6. The number of aryl methyl sites for hydroxylation is 1. The van der Waals surface area contributed by atoms with Crippen LogP contribution in [0.25, 0.3) is 10.9 Å². The van der Waals surface area contributed by atoms with E-state index in [1.165, 1.54) is 0 Å². The summed E-state index contributed by atoms with van der Waals surface area (Å²) < 4.78 is 19.3. The Bertz CT molecular complexity index is 1630. The molecule has 0 unspecified atom stereocenters. The van der Waals surface area contributed by atoms with Gasteiger partial charge in [-0.25, -0.2) is 0 Å². The Hall–Kier alpha value is -3.55. The number of fused-ring (bicyclic) bond motifs is 1. The monoisotopic (exact) mass is 681 g/mol. The number of benzene rings is 2. The van der Waals surface area contributed by atoms with Gasteiger partial charge in [-0.2, -0.15) is 5.10 Å². The van der Waals surface area contributed by atoms with E-state index >= 15 is 0 Å². The van der Waals surface area contributed by atoms with E-state index in [0.29, 0.717) is 55.2 Å². The summed E-state index contributed by atoms with van der Waals surface area (Å²) >= 11 is 6.63. The maximum Gasteiger partial charge on any atom is 0.306 e. The van der Waals surface area contributed by atoms with Gasteiger partial charge in [0.15, 0.2) is 5.69 Å². The molecule has 3 heterocycles. The van der Waals surface area contributed by atoms with Crippen LogP contribution < -0.4 is 5.32 Å². The Morgan fingerprint density at radius 3 is 2.38 bits per heavy atom. The van der Waals surface area contributed by atoms with Gasteiger partial charge >= 0.3 is 5.97 Å². The molecule has 0 bridgehead atoms. The molecule has 12 nitrogen and oxygen atoms in total. The maximum absolute atomic E-state index is 13.9. The molecular weight excluding hydrogens is 638 g/mol. The van der Waals surface area contributed by atoms with Crippen molar-refractivity contribution in [1.82, 2.24) is 19.6 Å². The topological polar surface area (TPSA) is 135 Å². The normalized spacial score (nSPS) is 26.3. The molecule has 4 atom stereocenters. The molecule has 1 saturated carbocycles. The molecular formula is C35H44ClN5O7. The lowest BCUT2D eigenvalue weighted by Gasteiger charge is -2.30. The summed E-state index contributed by atoms with van der Waals surface area (Å²) in [5.74, 6) is -1.44. The van der Waals surface area contributed by atoms with E-state index in [1.54, 1.807) is 38.1 Å². The van der Waals surface area contributed by atoms with Crippen LogP contribution in [0.2, 0.25) is 5.02 Å². The lowest BCUT2D eigenvalue weighted by Crippen LogP contribution is -2.41. The summed E-state index contributed by atoms with van der Waals surface area (Å²) in [4.78, 5) is 42.7. The summed E-state index contributed by atoms with van der Waals surface area (Å²) in [5.41, 5.74) is 2.33. The number of aliphatic carboxylic acids is 1. The van der Waals surface area contributed by atoms with Gasteiger partial charge in [-0.1, -0.05) is 35.9 Å². The number of carbonyl (C=O) groups is 3. The Labute approximate surface area is 285 Å². The van der Waals surface area contributed by atoms with E-state index in [1.807, 2.05) is 35.2 Å². The van der Waals surface area contributed by atoms with Gasteiger partial charge in [0, 0.05) is 52.3 Å². The van der Waals surface area contributed by atoms with Gasteiger partial charge in [-0.3, -0.25) is 24.0 Å². The second kappa shape index (κ2) is 14.9. The molecule has 3 fully saturated rings. The second-order valence-electron chi connectivity index (χ2n) is 13.2. The number of carboxylic acid groups (broad SMARTS) is 1. The third-order valence-corrected chi connectivity index (χ3v) is 10.5. The molecule has 3 aliphatic rings. The van der Waals surface area contributed by atoms with E-state index in [2.05, 4.69) is 15.3 Å². The predicted molar refractivity (Wildman–Crippen MR) is 180 cm³/mol. The van der Waals surface area contributed by atoms with E-state index in [9.17, 15) is 19.5 Å². The third-order valence-electron chi connectivity index (χ3n) is 10.2. The summed E-state index contributed by atoms with van der Waals surface area (Å²) in [7, 11) is 5.19. The molecule has 1 aromatic heterocycles. The number of hydrogen-bond donors (Lipinski definition) is 2. The van der Waals surface area contributed by atoms with Crippen molar-refractivity contribution >= 4 is 46.0 Å². The van der Waals surface area contributed by atoms with Gasteiger partial charge < -0.3 is 29.5 Å². The highest BCUT2D eigenvalue weighted by Gasteiger charge is 2.43. The number of ether oxygens (including phenoxy) is 3. The van der Waals surface area contributed by atoms with Crippen LogP contribution in [0.5, 0.6) is 0 Å². The van der Waals surface area contributed by atoms with Crippen molar-refractivity contribution in [1.29, 1.82) is 0 Å². The molecule has 6 rings (SSSR count). The average molecular weight is 682 g/mol. The van der Waals surface area contributed by atoms with Crippen molar-refractivity contribution in [3.63, 3.8) is 0 Å². The van der Waals surface area contributed by atoms with Crippen LogP contribution in [0.3, 0.4) is 0 Å². The summed E-state index contributed by atoms with van der Waals surface area (Å²) in [6.07, 6.45) is 3.46. The molecule has 0 radical (unpaired) electrons. The highest BCUT2D eigenvalue weighted by Crippen LogP contribution is 2.32. The first-order chi connectivity index (χ1) is 23.1. The maximum atomic E-state index is 13.9. The zero-order chi connectivity index (χ0) is 33.9. The van der Waals surface area contributed by atoms with Crippen molar-refractivity contribution < 1.29 is 33.7 Å². The van der Waals surface area contributed by atoms with Gasteiger partial charge in [-0.05, 0) is 55.9 Å². The number of hydrogen-bond acceptors (Lipinski definition) is 8. The highest BCUT2D eigenvalue weighted by molar-refractivity contribution is 6.34. The molecule has 48 heavy (non-hydrogen) atoms. The second-order valence-corrected chi connectivity index (χ2v) is 13.6. The van der Waals surface area contributed by atoms with E-state index in [-0.39, 0.29) is 54.5 Å². The molecule has 2 aromatic carbocycles. The van der Waals surface area contributed by atoms with Crippen molar-refractivity contribution in [2.75, 3.05) is 45.8 Å². The number of nitrogens with one attached hydrogen (secondary N) is 1. The zero-order valence-corrected chi connectivity index (χ0v) is 28.4. The van der Waals surface area contributed by atoms with Gasteiger partial charge in [-0.15, -0.1) is 0 Å². The Kier molecular flexibility index (Phi) is 10.7. The number of likely N-dealkylation sites (tertiary alicyclic amines) is 2. The third kappa shape index (κ3) is 7.37. The number of amides is 2. The smallest absolute Gasteiger partial charge is 0.306 e. The Balaban J connectivity index is 1.12. The number of anilines is 1. The minimum absolute atomic E-state index is 0.00947. The fourth-order valence-corrected chi connectivity index (χ4v) is 7.73. The SMILES string of the molecule is CO[C@H]1CN([C@H]2C[C@@H](COC3CCC(C(=O)O)CC3)N(C(=O)Cc3ccc(NC(=O)c4nn(C)c5ccccc45)c(Cl)c3)C2)C[C@H]1OC. The van der Waals surface area contributed by atoms with Crippen molar-refractivity contribution in [2.45, 2.75) is 68.9 Å². The lowest BCUT2D eigenvalue weighted by atomic mass is 9.87. The molecule has 3 aromatic rings. The number of rotatable bonds is 11. The number of methoxy groups -OCH3 is 2. The summed E-state index contributed by atoms with van der Waals surface area (Å²) in [5, 5.41) is 17.7. The first kappa shape index (κ1) is 34.3. The molecule has 0 spiro atoms. The van der Waals surface area contributed by atoms with Crippen LogP contribution in [0, 0.1) is 5.92 Å². The standard InChI is InChI=1S/C35H44ClN5O7/c1-39-29-7-5-4-6-26(29)33(38-39)34(43)37-28-13-8-21(14-27(28)36)15-32(42)41-17-23(40-18-30(46-2)31(19-40)47-3)16-24(41)20-48-25-11-9-22(10-12-25)35(44)45/h4-8,13-14,22-25,30-31H,9-12,15-20H2,1-3H3,(H,37,43)(H,44,45)/t22?,23-,24-,25?,30-,31+/m0/s1. The quantitative estimate of drug-likeness (QED) is 0.308. The average Bonchev–Trinajstić information content (AvgIpc) is 3.80. The molecule has 2 aliphatic heterocycles. The van der Waals surface area contributed by atoms with Crippen molar-refractivity contribution in [2.24, 2.45) is 13.0 Å². The van der Waals surface area contributed by atoms with Crippen LogP contribution in [-0.2, 0) is 37.3 Å². The first-order valence-corrected chi connectivity index (χ1v) is 17.0. The number of para-hydroxylation sites is 1. The van der Waals surface area contributed by atoms with Gasteiger partial charge in [0.2, 0.25) is 5.91 Å². The Morgan fingerprint density at radius 1 is 1.00 bits per heavy atom. The largest absolute Gasteiger partial charge is 0.481 e. The number of halogens is 1. The van der Waals surface area contributed by atoms with Crippen LogP contribution in [-0.4, -0.2) is 113 Å². The number of nitrogens with zero attached hydrogens (tertiary/aromatic N) is 4. The highest BCUT2D eigenvalue weighted by atomic mass is 35.5. The van der Waals surface area contributed by atoms with Crippen LogP contribution >= 0.6 is 11.6 Å². The minimum atomic E-state index is -0.740. The van der Waals surface area contributed by atoms with E-state index in [0.717, 1.165) is 36.0 Å². The molecule has 258 valence electrons. The number of carbonyl (C=O) groups excluding carboxylic acids is 2. The lowest BCUT2D eigenvalue weighted by molar-refractivity contribution is -0.144. The molecule has 2 N–H and O–H groups in total. The molecule has 2 saturated heterocycles. The van der Waals surface area contributed by atoms with Gasteiger partial charge in [0.25, 0.3) is 5.91 Å². The predicted octanol–water partition coefficient (Wildman–Crippen LogP) is 4.00. The molecule has 1 aliphatic carbocycles. The summed E-state index contributed by atoms with van der Waals surface area (Å²) in [6, 6.07) is 12.8. The minimum Gasteiger partial charge on any atom is -0.481 e. The Morgan fingerprint density at radius 2 is 1.71 bits per heavy atom. The fraction of sp³-hybridized carbons (Fsp3) is 0.543. The van der Waals surface area contributed by atoms with E-state index < -0.39 is 5.97 Å². The molecule has 13 heteroatoms. The summed E-state index contributed by atoms with van der Waals surface area (Å²) in [6.45, 7) is 2.41. The van der Waals surface area contributed by atoms with Crippen LogP contribution in [0.15, 0.2) is 42.5 Å². The van der Waals surface area contributed by atoms with Crippen molar-refractivity contribution in [3.8, 4) is 0 Å². The van der Waals surface area contributed by atoms with Gasteiger partial charge in [0.05, 0.1) is 59.5 Å². The number of aromatic nitrogens is 2. The fourth-order valence-electron chi connectivity index (χ4n) is 7.48.